The molecule has 10 N–H and O–H groups in total. The van der Waals surface area contributed by atoms with Gasteiger partial charge in [-0.3, -0.25) is 19.2 Å². The first-order valence-electron chi connectivity index (χ1n) is 11.7. The molecule has 0 radical (unpaired) electrons. The van der Waals surface area contributed by atoms with Crippen molar-refractivity contribution >= 4 is 60.0 Å². The maximum absolute atomic E-state index is 13.5. The van der Waals surface area contributed by atoms with Gasteiger partial charge in [0.05, 0.1) is 34.3 Å². The fourth-order valence-corrected chi connectivity index (χ4v) is 4.18. The monoisotopic (exact) mass is 562 g/mol. The number of carbonyl (C=O) groups excluding carboxylic acids is 4. The number of carbonyl (C=O) groups is 4. The molecule has 12 nitrogen and oxygen atoms in total. The molecule has 38 heavy (non-hydrogen) atoms. The molecule has 14 heteroatoms. The van der Waals surface area contributed by atoms with E-state index in [1.54, 1.807) is 12.1 Å². The molecule has 1 aliphatic rings. The Bertz CT molecular complexity index is 1160. The van der Waals surface area contributed by atoms with E-state index in [0.717, 1.165) is 12.1 Å². The highest BCUT2D eigenvalue weighted by Gasteiger charge is 2.38. The molecule has 204 valence electrons. The third-order valence-corrected chi connectivity index (χ3v) is 6.61. The Balaban J connectivity index is 1.88. The van der Waals surface area contributed by atoms with Crippen molar-refractivity contribution in [2.24, 2.45) is 11.5 Å². The summed E-state index contributed by atoms with van der Waals surface area (Å²) in [7, 11) is 0. The first-order valence-corrected chi connectivity index (χ1v) is 13.0. The summed E-state index contributed by atoms with van der Waals surface area (Å²) >= 11 is 7.97. The Labute approximate surface area is 229 Å². The lowest BCUT2D eigenvalue weighted by Crippen LogP contribution is -2.43. The maximum atomic E-state index is 13.5. The molecule has 2 aromatic rings. The molecular formula is C24H30N6O6S2. The number of thiol groups is 2. The molecule has 0 bridgehead atoms. The molecule has 2 amide bonds. The molecule has 1 aliphatic carbocycles. The van der Waals surface area contributed by atoms with Gasteiger partial charge in [-0.05, 0) is 24.3 Å². The molecule has 0 aliphatic heterocycles. The van der Waals surface area contributed by atoms with Crippen LogP contribution < -0.4 is 32.7 Å². The highest BCUT2D eigenvalue weighted by Crippen LogP contribution is 2.42. The van der Waals surface area contributed by atoms with Gasteiger partial charge in [-0.2, -0.15) is 25.3 Å². The van der Waals surface area contributed by atoms with Crippen LogP contribution in [0.4, 0.5) is 11.4 Å². The number of anilines is 2. The zero-order valence-corrected chi connectivity index (χ0v) is 22.1. The number of phenols is 2. The van der Waals surface area contributed by atoms with Gasteiger partial charge in [0.1, 0.15) is 11.5 Å². The average Bonchev–Trinajstić information content (AvgIpc) is 2.91. The van der Waals surface area contributed by atoms with Crippen LogP contribution >= 0.6 is 25.3 Å². The van der Waals surface area contributed by atoms with Gasteiger partial charge in [0.25, 0.3) is 0 Å². The van der Waals surface area contributed by atoms with E-state index in [9.17, 15) is 29.4 Å². The summed E-state index contributed by atoms with van der Waals surface area (Å²) in [5.41, 5.74) is 11.2. The number of hydrogen-bond acceptors (Lipinski definition) is 12. The quantitative estimate of drug-likeness (QED) is 0.0773. The van der Waals surface area contributed by atoms with Crippen molar-refractivity contribution in [1.82, 2.24) is 10.6 Å². The summed E-state index contributed by atoms with van der Waals surface area (Å²) in [5, 5.41) is 32.1. The lowest BCUT2D eigenvalue weighted by atomic mass is 9.81. The van der Waals surface area contributed by atoms with Crippen molar-refractivity contribution < 1.29 is 29.4 Å². The van der Waals surface area contributed by atoms with Crippen molar-refractivity contribution in [3.8, 4) is 11.5 Å². The van der Waals surface area contributed by atoms with Crippen LogP contribution in [0.2, 0.25) is 0 Å². The summed E-state index contributed by atoms with van der Waals surface area (Å²) in [6, 6.07) is 3.90. The van der Waals surface area contributed by atoms with Crippen molar-refractivity contribution in [1.29, 1.82) is 0 Å². The standard InChI is InChI=1S/C24H30N6O6S2/c25-11(9-37)23(35)29-7-5-27-13-1-2-14(28-6-8-30-24(36)12(26)10-38)18-17(13)21(33)19-15(31)3-4-16(32)20(19)22(18)34/h1-4,11-12,27-28,31-32,37-38H,5-10,25-26H2,(H,29,35)(H,30,36)/t11-,12-/m0/s1. The summed E-state index contributed by atoms with van der Waals surface area (Å²) in [6.45, 7) is 0.742. The van der Waals surface area contributed by atoms with Gasteiger partial charge in [0, 0.05) is 49.1 Å². The van der Waals surface area contributed by atoms with Crippen LogP contribution in [0, 0.1) is 0 Å². The molecule has 3 rings (SSSR count). The number of aromatic hydroxyl groups is 2. The van der Waals surface area contributed by atoms with Crippen molar-refractivity contribution in [3.05, 3.63) is 46.5 Å². The number of ketones is 2. The zero-order chi connectivity index (χ0) is 28.0. The largest absolute Gasteiger partial charge is 0.507 e. The first kappa shape index (κ1) is 29.1. The van der Waals surface area contributed by atoms with Crippen LogP contribution in [0.5, 0.6) is 11.5 Å². The van der Waals surface area contributed by atoms with Crippen LogP contribution in [-0.4, -0.2) is 83.4 Å². The first-order chi connectivity index (χ1) is 18.1. The Morgan fingerprint density at radius 1 is 0.684 bits per heavy atom. The molecule has 0 aromatic heterocycles. The van der Waals surface area contributed by atoms with Crippen LogP contribution in [0.1, 0.15) is 31.8 Å². The van der Waals surface area contributed by atoms with Crippen molar-refractivity contribution in [2.45, 2.75) is 12.1 Å². The predicted molar refractivity (Wildman–Crippen MR) is 150 cm³/mol. The van der Waals surface area contributed by atoms with E-state index in [1.807, 2.05) is 0 Å². The minimum atomic E-state index is -0.763. The molecule has 0 fully saturated rings. The SMILES string of the molecule is N[C@@H](CS)C(=O)NCCNc1ccc(NCCNC(=O)[C@@H](N)CS)c2c1C(=O)c1c(O)ccc(O)c1C2=O. The predicted octanol–water partition coefficient (Wildman–Crippen LogP) is -0.556. The second-order valence-electron chi connectivity index (χ2n) is 8.44. The molecule has 0 heterocycles. The van der Waals surface area contributed by atoms with E-state index in [0.29, 0.717) is 0 Å². The number of amides is 2. The van der Waals surface area contributed by atoms with Crippen LogP contribution in [0.15, 0.2) is 24.3 Å². The zero-order valence-electron chi connectivity index (χ0n) is 20.3. The summed E-state index contributed by atoms with van der Waals surface area (Å²) < 4.78 is 0. The highest BCUT2D eigenvalue weighted by atomic mass is 32.1. The van der Waals surface area contributed by atoms with Crippen molar-refractivity contribution in [3.63, 3.8) is 0 Å². The summed E-state index contributed by atoms with van der Waals surface area (Å²) in [5.74, 6) is -2.62. The number of fused-ring (bicyclic) bond motifs is 2. The Hall–Kier alpha value is -3.46. The Morgan fingerprint density at radius 2 is 1.05 bits per heavy atom. The number of nitrogens with two attached hydrogens (primary N) is 2. The maximum Gasteiger partial charge on any atom is 0.237 e. The smallest absolute Gasteiger partial charge is 0.237 e. The summed E-state index contributed by atoms with van der Waals surface area (Å²) in [4.78, 5) is 50.8. The van der Waals surface area contributed by atoms with Gasteiger partial charge in [-0.1, -0.05) is 0 Å². The number of nitrogens with one attached hydrogen (secondary N) is 4. The van der Waals surface area contributed by atoms with E-state index in [4.69, 9.17) is 11.5 Å². The molecular weight excluding hydrogens is 532 g/mol. The number of benzene rings is 2. The van der Waals surface area contributed by atoms with E-state index in [-0.39, 0.29) is 83.1 Å². The van der Waals surface area contributed by atoms with Gasteiger partial charge in [-0.15, -0.1) is 0 Å². The van der Waals surface area contributed by atoms with Gasteiger partial charge in [0.15, 0.2) is 0 Å². The molecule has 0 spiro atoms. The van der Waals surface area contributed by atoms with E-state index >= 15 is 0 Å². The lowest BCUT2D eigenvalue weighted by Gasteiger charge is -2.25. The lowest BCUT2D eigenvalue weighted by molar-refractivity contribution is -0.122. The van der Waals surface area contributed by atoms with E-state index in [2.05, 4.69) is 46.5 Å². The van der Waals surface area contributed by atoms with Crippen LogP contribution in [0.3, 0.4) is 0 Å². The highest BCUT2D eigenvalue weighted by molar-refractivity contribution is 7.80. The van der Waals surface area contributed by atoms with Gasteiger partial charge in [0.2, 0.25) is 23.4 Å². The second-order valence-corrected chi connectivity index (χ2v) is 9.17. The Kier molecular flexibility index (Phi) is 9.85. The molecule has 2 atom stereocenters. The fraction of sp³-hybridized carbons (Fsp3) is 0.333. The van der Waals surface area contributed by atoms with E-state index < -0.39 is 35.1 Å². The third kappa shape index (κ3) is 6.15. The van der Waals surface area contributed by atoms with Crippen LogP contribution in [-0.2, 0) is 9.59 Å². The van der Waals surface area contributed by atoms with Crippen LogP contribution in [0.25, 0.3) is 0 Å². The van der Waals surface area contributed by atoms with E-state index in [1.165, 1.54) is 0 Å². The fourth-order valence-electron chi connectivity index (χ4n) is 3.85. The van der Waals surface area contributed by atoms with Gasteiger partial charge < -0.3 is 42.9 Å². The number of hydrogen-bond donors (Lipinski definition) is 10. The minimum absolute atomic E-state index is 0.00656. The molecule has 0 unspecified atom stereocenters. The topological polar surface area (TPSA) is 209 Å². The minimum Gasteiger partial charge on any atom is -0.507 e. The molecule has 0 saturated carbocycles. The average molecular weight is 563 g/mol. The normalized spacial score (nSPS) is 13.7. The summed E-state index contributed by atoms with van der Waals surface area (Å²) in [6.07, 6.45) is 0. The second kappa shape index (κ2) is 12.9. The van der Waals surface area contributed by atoms with Gasteiger partial charge >= 0.3 is 0 Å². The third-order valence-electron chi connectivity index (χ3n) is 5.82. The van der Waals surface area contributed by atoms with Gasteiger partial charge in [-0.25, -0.2) is 0 Å². The van der Waals surface area contributed by atoms with Crippen molar-refractivity contribution in [2.75, 3.05) is 48.3 Å². The molecule has 0 saturated heterocycles. The number of phenolic OH excluding ortho intramolecular Hbond substituents is 2. The Morgan fingerprint density at radius 3 is 1.39 bits per heavy atom. The number of rotatable bonds is 12. The molecule has 2 aromatic carbocycles.